The Morgan fingerprint density at radius 3 is 2.70 bits per heavy atom. The monoisotopic (exact) mass is 631 g/mol. The Hall–Kier alpha value is -2.74. The molecule has 236 valence electrons. The topological polar surface area (TPSA) is 86.0 Å². The lowest BCUT2D eigenvalue weighted by Gasteiger charge is -2.32. The summed E-state index contributed by atoms with van der Waals surface area (Å²) in [6, 6.07) is 1.50. The number of ether oxygens (including phenoxy) is 3. The van der Waals surface area contributed by atoms with Gasteiger partial charge in [0.2, 0.25) is 0 Å². The van der Waals surface area contributed by atoms with Crippen molar-refractivity contribution >= 4 is 23.1 Å². The lowest BCUT2D eigenvalue weighted by Crippen LogP contribution is -2.33. The van der Waals surface area contributed by atoms with Crippen LogP contribution in [-0.2, 0) is 28.7 Å². The van der Waals surface area contributed by atoms with Crippen LogP contribution < -0.4 is 15.4 Å². The van der Waals surface area contributed by atoms with Crippen molar-refractivity contribution in [2.24, 2.45) is 5.92 Å². The van der Waals surface area contributed by atoms with Crippen molar-refractivity contribution in [1.82, 2.24) is 14.9 Å². The van der Waals surface area contributed by atoms with E-state index < -0.39 is 39.9 Å². The van der Waals surface area contributed by atoms with Gasteiger partial charge in [0.05, 0.1) is 61.3 Å². The molecule has 3 atom stereocenters. The molecule has 5 heterocycles. The summed E-state index contributed by atoms with van der Waals surface area (Å²) in [6.07, 6.45) is -1.98. The van der Waals surface area contributed by atoms with Crippen molar-refractivity contribution in [3.8, 4) is 6.01 Å². The van der Waals surface area contributed by atoms with E-state index in [1.165, 1.54) is 26.5 Å². The Morgan fingerprint density at radius 1 is 1.21 bits per heavy atom. The van der Waals surface area contributed by atoms with Gasteiger partial charge < -0.3 is 24.8 Å². The van der Waals surface area contributed by atoms with Crippen LogP contribution in [0.5, 0.6) is 6.01 Å². The first-order chi connectivity index (χ1) is 20.5. The fraction of sp³-hybridized carbons (Fsp3) is 0.586. The van der Waals surface area contributed by atoms with Crippen LogP contribution in [0, 0.1) is 11.7 Å². The fourth-order valence-electron chi connectivity index (χ4n) is 6.24. The second kappa shape index (κ2) is 13.1. The van der Waals surface area contributed by atoms with E-state index in [4.69, 9.17) is 31.5 Å². The number of nitrogens with zero attached hydrogens (tertiary/aromatic N) is 4. The molecule has 4 aliphatic heterocycles. The first kappa shape index (κ1) is 31.7. The molecule has 3 saturated heterocycles. The number of hydrogen-bond donors (Lipinski definition) is 1. The molecule has 3 unspecified atom stereocenters. The summed E-state index contributed by atoms with van der Waals surface area (Å²) in [4.78, 5) is 13.2. The van der Waals surface area contributed by atoms with Crippen molar-refractivity contribution in [3.05, 3.63) is 51.2 Å². The number of nitrogen functional groups attached to an aromatic ring is 1. The molecule has 0 amide bonds. The molecule has 0 spiro atoms. The van der Waals surface area contributed by atoms with Crippen LogP contribution in [0.25, 0.3) is 0 Å². The zero-order valence-electron chi connectivity index (χ0n) is 24.0. The lowest BCUT2D eigenvalue weighted by molar-refractivity contribution is -0.140. The van der Waals surface area contributed by atoms with Gasteiger partial charge in [0.1, 0.15) is 5.82 Å². The Labute approximate surface area is 251 Å². The summed E-state index contributed by atoms with van der Waals surface area (Å²) in [7, 11) is 1.40. The van der Waals surface area contributed by atoms with Crippen LogP contribution in [0.4, 0.5) is 33.5 Å². The minimum Gasteiger partial charge on any atom is -0.467 e. The lowest BCUT2D eigenvalue weighted by atomic mass is 9.93. The zero-order valence-corrected chi connectivity index (χ0v) is 24.8. The molecular formula is C29H35ClF5N5O3. The molecule has 14 heteroatoms. The molecule has 1 aromatic carbocycles. The highest BCUT2D eigenvalue weighted by molar-refractivity contribution is 6.31. The Morgan fingerprint density at radius 2 is 2.00 bits per heavy atom. The number of methoxy groups -OCH3 is 1. The highest BCUT2D eigenvalue weighted by Crippen LogP contribution is 2.46. The third kappa shape index (κ3) is 6.84. The van der Waals surface area contributed by atoms with Crippen molar-refractivity contribution in [2.75, 3.05) is 57.1 Å². The summed E-state index contributed by atoms with van der Waals surface area (Å²) < 4.78 is 84.8. The van der Waals surface area contributed by atoms with E-state index in [0.29, 0.717) is 49.4 Å². The highest BCUT2D eigenvalue weighted by Gasteiger charge is 2.42. The van der Waals surface area contributed by atoms with Crippen molar-refractivity contribution < 1.29 is 36.2 Å². The molecule has 4 aliphatic rings. The molecular weight excluding hydrogens is 597 g/mol. The van der Waals surface area contributed by atoms with Gasteiger partial charge in [-0.1, -0.05) is 18.5 Å². The number of hydrogen-bond acceptors (Lipinski definition) is 8. The van der Waals surface area contributed by atoms with Crippen LogP contribution in [0.15, 0.2) is 18.0 Å². The number of anilines is 2. The third-order valence-electron chi connectivity index (χ3n) is 8.22. The maximum Gasteiger partial charge on any atom is 0.418 e. The Kier molecular flexibility index (Phi) is 9.64. The number of aromatic nitrogens is 2. The van der Waals surface area contributed by atoms with E-state index in [0.717, 1.165) is 30.9 Å². The Bertz CT molecular complexity index is 1350. The van der Waals surface area contributed by atoms with Crippen LogP contribution in [0.2, 0.25) is 5.02 Å². The molecule has 2 aromatic rings. The fourth-order valence-corrected chi connectivity index (χ4v) is 6.56. The summed E-state index contributed by atoms with van der Waals surface area (Å²) in [5, 5.41) is -0.690. The number of rotatable bonds is 3. The molecule has 6 rings (SSSR count). The number of alkyl halides is 3. The molecule has 0 aliphatic carbocycles. The Balaban J connectivity index is 0.000000308. The maximum absolute atomic E-state index is 14.9. The minimum absolute atomic E-state index is 0.0596. The smallest absolute Gasteiger partial charge is 0.418 e. The number of halogens is 6. The largest absolute Gasteiger partial charge is 0.467 e. The van der Waals surface area contributed by atoms with Crippen LogP contribution in [0.3, 0.4) is 0 Å². The number of fused-ring (bicyclic) bond motifs is 2. The molecule has 8 nitrogen and oxygen atoms in total. The third-order valence-corrected chi connectivity index (χ3v) is 8.52. The highest BCUT2D eigenvalue weighted by atomic mass is 35.5. The van der Waals surface area contributed by atoms with Gasteiger partial charge in [0, 0.05) is 43.2 Å². The van der Waals surface area contributed by atoms with Crippen molar-refractivity contribution in [3.63, 3.8) is 0 Å². The standard InChI is InChI=1S/C21H23ClF4N4O3.C8H12FN/c1-10-7-30(3-4-32-8-10)19-11-9-33-15(6-14(11)28-20(29-19)31-2)16-17(21(24,25)26)12(22)5-13(27)18(16)23;9-5-7-4-8-2-1-3-10(8)6-7/h5,10,15H,3-4,6-9,27H2,1-2H3;5,8H,1-4,6H2/b;7-5-. The molecule has 1 aromatic heterocycles. The first-order valence-corrected chi connectivity index (χ1v) is 14.6. The molecule has 43 heavy (non-hydrogen) atoms. The van der Waals surface area contributed by atoms with Crippen LogP contribution in [0.1, 0.15) is 54.7 Å². The predicted octanol–water partition coefficient (Wildman–Crippen LogP) is 5.87. The van der Waals surface area contributed by atoms with Gasteiger partial charge in [-0.2, -0.15) is 23.1 Å². The summed E-state index contributed by atoms with van der Waals surface area (Å²) >= 11 is 5.83. The second-order valence-corrected chi connectivity index (χ2v) is 11.8. The average molecular weight is 632 g/mol. The summed E-state index contributed by atoms with van der Waals surface area (Å²) in [5.41, 5.74) is 5.09. The first-order valence-electron chi connectivity index (χ1n) is 14.2. The molecule has 3 fully saturated rings. The van der Waals surface area contributed by atoms with Crippen LogP contribution in [-0.4, -0.2) is 67.4 Å². The van der Waals surface area contributed by atoms with Gasteiger partial charge in [-0.25, -0.2) is 8.78 Å². The van der Waals surface area contributed by atoms with E-state index >= 15 is 0 Å². The van der Waals surface area contributed by atoms with Crippen LogP contribution >= 0.6 is 11.6 Å². The van der Waals surface area contributed by atoms with Gasteiger partial charge in [-0.05, 0) is 43.4 Å². The maximum atomic E-state index is 14.9. The average Bonchev–Trinajstić information content (AvgIpc) is 3.50. The summed E-state index contributed by atoms with van der Waals surface area (Å²) in [6.45, 7) is 6.33. The van der Waals surface area contributed by atoms with Gasteiger partial charge in [-0.3, -0.25) is 4.90 Å². The van der Waals surface area contributed by atoms with E-state index in [9.17, 15) is 22.0 Å². The summed E-state index contributed by atoms with van der Waals surface area (Å²) in [5.74, 6) is -0.408. The normalized spacial score (nSPS) is 25.2. The number of nitrogens with two attached hydrogens (primary N) is 1. The zero-order chi connectivity index (χ0) is 30.9. The quantitative estimate of drug-likeness (QED) is 0.333. The SMILES string of the molecule is COc1nc2c(c(N3CCOCC(C)C3)n1)COC(c1c(F)c(N)cc(Cl)c1C(F)(F)F)C2.F/C=C1/CC2CCCN2C1. The van der Waals surface area contributed by atoms with Crippen molar-refractivity contribution in [1.29, 1.82) is 0 Å². The minimum atomic E-state index is -4.90. The predicted molar refractivity (Wildman–Crippen MR) is 151 cm³/mol. The molecule has 0 bridgehead atoms. The van der Waals surface area contributed by atoms with Gasteiger partial charge in [-0.15, -0.1) is 0 Å². The second-order valence-electron chi connectivity index (χ2n) is 11.4. The van der Waals surface area contributed by atoms with E-state index in [2.05, 4.69) is 14.9 Å². The van der Waals surface area contributed by atoms with E-state index in [1.54, 1.807) is 0 Å². The van der Waals surface area contributed by atoms with Gasteiger partial charge in [0.25, 0.3) is 0 Å². The number of benzene rings is 1. The van der Waals surface area contributed by atoms with Gasteiger partial charge in [0.15, 0.2) is 5.82 Å². The molecule has 0 radical (unpaired) electrons. The van der Waals surface area contributed by atoms with E-state index in [1.807, 2.05) is 11.8 Å². The molecule has 2 N–H and O–H groups in total. The van der Waals surface area contributed by atoms with E-state index in [-0.39, 0.29) is 25.0 Å². The van der Waals surface area contributed by atoms with Crippen molar-refractivity contribution in [2.45, 2.75) is 57.5 Å². The van der Waals surface area contributed by atoms with Gasteiger partial charge >= 0.3 is 12.2 Å². The molecule has 0 saturated carbocycles.